The van der Waals surface area contributed by atoms with Crippen LogP contribution in [0.3, 0.4) is 0 Å². The molecule has 0 bridgehead atoms. The average Bonchev–Trinajstić information content (AvgIpc) is 3.74. The quantitative estimate of drug-likeness (QED) is 0.0544. The fourth-order valence-corrected chi connectivity index (χ4v) is 15.5. The molecule has 648 valence electrons. The summed E-state index contributed by atoms with van der Waals surface area (Å²) in [6.07, 6.45) is 121. The summed E-state index contributed by atoms with van der Waals surface area (Å²) in [4.78, 5) is 41.2. The molecule has 0 amide bonds. The minimum Gasteiger partial charge on any atom is -0.550 e. The summed E-state index contributed by atoms with van der Waals surface area (Å²) in [6.45, 7) is 9.15. The first-order valence-corrected chi connectivity index (χ1v) is 49.9. The van der Waals surface area contributed by atoms with Crippen LogP contribution in [-0.2, 0) is 45.4 Å². The Balaban J connectivity index is -0.000000440. The Morgan fingerprint density at radius 3 is 0.229 bits per heavy atom. The summed E-state index contributed by atoms with van der Waals surface area (Å²) in [5, 5.41) is 41.2. The number of carboxylic acids is 4. The van der Waals surface area contributed by atoms with E-state index in [-0.39, 0.29) is 51.9 Å². The van der Waals surface area contributed by atoms with Crippen molar-refractivity contribution in [2.45, 2.75) is 618 Å². The van der Waals surface area contributed by atoms with Crippen LogP contribution >= 0.6 is 0 Å². The van der Waals surface area contributed by atoms with Crippen molar-refractivity contribution in [3.05, 3.63) is 0 Å². The van der Waals surface area contributed by atoms with Crippen molar-refractivity contribution in [1.82, 2.24) is 0 Å². The molecule has 0 aliphatic carbocycles. The summed E-state index contributed by atoms with van der Waals surface area (Å²) in [6, 6.07) is 0. The number of carbonyl (C=O) groups is 4. The number of rotatable bonds is 92. The van der Waals surface area contributed by atoms with E-state index in [2.05, 4.69) is 27.7 Å². The van der Waals surface area contributed by atoms with Crippen molar-refractivity contribution < 1.29 is 65.8 Å². The van der Waals surface area contributed by atoms with E-state index in [4.69, 9.17) is 0 Å². The van der Waals surface area contributed by atoms with Crippen molar-refractivity contribution in [2.75, 3.05) is 0 Å². The molecule has 0 heterocycles. The average molecular weight is 1620 g/mol. The first kappa shape index (κ1) is 116. The van der Waals surface area contributed by atoms with Crippen LogP contribution in [-0.4, -0.2) is 23.9 Å². The zero-order chi connectivity index (χ0) is 79.4. The number of unbranched alkanes of at least 4 members (excludes halogenated alkanes) is 84. The number of hydrogen-bond acceptors (Lipinski definition) is 8. The molecule has 0 unspecified atom stereocenters. The van der Waals surface area contributed by atoms with Crippen molar-refractivity contribution in [1.29, 1.82) is 0 Å². The maximum absolute atomic E-state index is 10.3. The van der Waals surface area contributed by atoms with Crippen molar-refractivity contribution in [2.24, 2.45) is 0 Å². The fourth-order valence-electron chi connectivity index (χ4n) is 15.5. The van der Waals surface area contributed by atoms with Gasteiger partial charge in [-0.3, -0.25) is 0 Å². The number of aliphatic carboxylic acids is 4. The molecule has 0 aromatic heterocycles. The molecule has 109 heavy (non-hydrogen) atoms. The molecule has 0 fully saturated rings. The summed E-state index contributed by atoms with van der Waals surface area (Å²) in [5.74, 6) is -3.60. The van der Waals surface area contributed by atoms with E-state index >= 15 is 0 Å². The molecule has 0 saturated heterocycles. The molecule has 0 rings (SSSR count). The maximum atomic E-state index is 10.3. The summed E-state index contributed by atoms with van der Waals surface area (Å²) >= 11 is 0. The molecule has 0 N–H and O–H groups in total. The minimum absolute atomic E-state index is 0. The van der Waals surface area contributed by atoms with Crippen molar-refractivity contribution in [3.8, 4) is 0 Å². The molecule has 0 aromatic carbocycles. The molecule has 0 spiro atoms. The molecule has 0 aliphatic heterocycles. The Morgan fingerprint density at radius 2 is 0.174 bits per heavy atom. The molecule has 0 radical (unpaired) electrons. The molecule has 0 aliphatic rings. The first-order chi connectivity index (χ1) is 53.1. The molecule has 8 nitrogen and oxygen atoms in total. The van der Waals surface area contributed by atoms with Gasteiger partial charge in [0.2, 0.25) is 0 Å². The van der Waals surface area contributed by atoms with Gasteiger partial charge >= 0.3 is 26.2 Å². The Hall–Kier alpha value is -1.24. The third-order valence-electron chi connectivity index (χ3n) is 22.9. The molecular formula is C100H196O8Zr. The molecule has 0 saturated carbocycles. The van der Waals surface area contributed by atoms with Crippen LogP contribution < -0.4 is 20.4 Å². The van der Waals surface area contributed by atoms with Gasteiger partial charge in [0.15, 0.2) is 0 Å². The summed E-state index contributed by atoms with van der Waals surface area (Å²) in [7, 11) is 0. The zero-order valence-electron chi connectivity index (χ0n) is 74.8. The first-order valence-electron chi connectivity index (χ1n) is 49.9. The van der Waals surface area contributed by atoms with Gasteiger partial charge in [-0.15, -0.1) is 0 Å². The molecule has 9 heteroatoms. The van der Waals surface area contributed by atoms with Crippen LogP contribution in [0.5, 0.6) is 0 Å². The second-order valence-electron chi connectivity index (χ2n) is 34.2. The number of carboxylic acid groups (broad SMARTS) is 4. The number of carbonyl (C=O) groups excluding carboxylic acids is 4. The van der Waals surface area contributed by atoms with E-state index in [0.29, 0.717) is 0 Å². The van der Waals surface area contributed by atoms with Crippen LogP contribution in [0.15, 0.2) is 0 Å². The standard InChI is InChI=1S/4C25H50O2.Zr/c4*1-2-3-4-5-6-7-8-9-10-11-12-13-14-15-16-17-18-19-20-21-22-23-24-25(26)27;/h4*2-24H2,1H3,(H,26,27);/q;;;;+4/p-4. The van der Waals surface area contributed by atoms with E-state index in [1.54, 1.807) is 0 Å². The van der Waals surface area contributed by atoms with Gasteiger partial charge in [0, 0.05) is 23.9 Å². The van der Waals surface area contributed by atoms with Gasteiger partial charge in [-0.1, -0.05) is 567 Å². The zero-order valence-corrected chi connectivity index (χ0v) is 77.3. The Morgan fingerprint density at radius 1 is 0.119 bits per heavy atom. The maximum Gasteiger partial charge on any atom is 4.00 e. The topological polar surface area (TPSA) is 161 Å². The smallest absolute Gasteiger partial charge is 0.550 e. The predicted molar refractivity (Wildman–Crippen MR) is 467 cm³/mol. The Kier molecular flexibility index (Phi) is 121. The van der Waals surface area contributed by atoms with Crippen LogP contribution in [0, 0.1) is 0 Å². The largest absolute Gasteiger partial charge is 4.00 e. The van der Waals surface area contributed by atoms with Gasteiger partial charge in [-0.25, -0.2) is 0 Å². The van der Waals surface area contributed by atoms with Crippen LogP contribution in [0.1, 0.15) is 618 Å². The predicted octanol–water partition coefficient (Wildman–Crippen LogP) is 30.9. The van der Waals surface area contributed by atoms with Gasteiger partial charge in [0.25, 0.3) is 0 Å². The van der Waals surface area contributed by atoms with Gasteiger partial charge < -0.3 is 39.6 Å². The van der Waals surface area contributed by atoms with Gasteiger partial charge in [-0.2, -0.15) is 0 Å². The third-order valence-corrected chi connectivity index (χ3v) is 22.9. The monoisotopic (exact) mass is 1620 g/mol. The minimum atomic E-state index is -0.900. The molecule has 0 aromatic rings. The van der Waals surface area contributed by atoms with Crippen LogP contribution in [0.2, 0.25) is 0 Å². The van der Waals surface area contributed by atoms with Gasteiger partial charge in [0.1, 0.15) is 0 Å². The second kappa shape index (κ2) is 113. The molecule has 0 atom stereocenters. The molecular weight excluding hydrogens is 1420 g/mol. The van der Waals surface area contributed by atoms with Crippen molar-refractivity contribution >= 4 is 23.9 Å². The van der Waals surface area contributed by atoms with E-state index < -0.39 is 23.9 Å². The van der Waals surface area contributed by atoms with Gasteiger partial charge in [0.05, 0.1) is 0 Å². The van der Waals surface area contributed by atoms with Crippen molar-refractivity contribution in [3.63, 3.8) is 0 Å². The second-order valence-corrected chi connectivity index (χ2v) is 34.2. The SMILES string of the molecule is CCCCCCCCCCCCCCCCCCCCCCCCC(=O)[O-].CCCCCCCCCCCCCCCCCCCCCCCCC(=O)[O-].CCCCCCCCCCCCCCCCCCCCCCCCC(=O)[O-].CCCCCCCCCCCCCCCCCCCCCCCCC(=O)[O-].[Zr+4]. The van der Waals surface area contributed by atoms with Gasteiger partial charge in [-0.05, 0) is 51.4 Å². The van der Waals surface area contributed by atoms with E-state index in [9.17, 15) is 39.6 Å². The Bertz CT molecular complexity index is 1390. The van der Waals surface area contributed by atoms with E-state index in [1.165, 1.54) is 514 Å². The van der Waals surface area contributed by atoms with E-state index in [0.717, 1.165) is 51.4 Å². The fraction of sp³-hybridized carbons (Fsp3) is 0.960. The third kappa shape index (κ3) is 130. The summed E-state index contributed by atoms with van der Waals surface area (Å²) in [5.41, 5.74) is 0. The Labute approximate surface area is 703 Å². The van der Waals surface area contributed by atoms with Crippen LogP contribution in [0.4, 0.5) is 0 Å². The summed E-state index contributed by atoms with van der Waals surface area (Å²) < 4.78 is 0. The number of hydrogen-bond donors (Lipinski definition) is 0. The normalized spacial score (nSPS) is 11.0. The van der Waals surface area contributed by atoms with E-state index in [1.807, 2.05) is 0 Å². The van der Waals surface area contributed by atoms with Crippen LogP contribution in [0.25, 0.3) is 0 Å².